The molecular formula is C18H35ClN2O3. The number of carbonyl (C=O) groups is 1. The van der Waals surface area contributed by atoms with Crippen molar-refractivity contribution in [3.63, 3.8) is 0 Å². The highest BCUT2D eigenvalue weighted by Gasteiger charge is 2.25. The summed E-state index contributed by atoms with van der Waals surface area (Å²) in [6.07, 6.45) is 8.61. The van der Waals surface area contributed by atoms with Gasteiger partial charge in [0.15, 0.2) is 0 Å². The summed E-state index contributed by atoms with van der Waals surface area (Å²) in [5.74, 6) is 1.69. The van der Waals surface area contributed by atoms with Gasteiger partial charge in [0.2, 0.25) is 5.91 Å². The van der Waals surface area contributed by atoms with Gasteiger partial charge in [-0.1, -0.05) is 12.8 Å². The third-order valence-electron chi connectivity index (χ3n) is 4.64. The molecule has 5 nitrogen and oxygen atoms in total. The Morgan fingerprint density at radius 3 is 2.29 bits per heavy atom. The molecule has 0 radical (unpaired) electrons. The van der Waals surface area contributed by atoms with Crippen LogP contribution < -0.4 is 11.1 Å². The maximum absolute atomic E-state index is 12.0. The molecule has 1 aliphatic rings. The van der Waals surface area contributed by atoms with Crippen LogP contribution in [-0.2, 0) is 14.3 Å². The Balaban J connectivity index is 1.84. The van der Waals surface area contributed by atoms with E-state index in [9.17, 15) is 4.79 Å². The van der Waals surface area contributed by atoms with Crippen LogP contribution in [0.15, 0.2) is 0 Å². The minimum absolute atomic E-state index is 0.162. The minimum Gasteiger partial charge on any atom is -0.379 e. The van der Waals surface area contributed by atoms with Gasteiger partial charge >= 0.3 is 0 Å². The van der Waals surface area contributed by atoms with Crippen molar-refractivity contribution >= 4 is 17.5 Å². The second-order valence-electron chi connectivity index (χ2n) is 6.57. The van der Waals surface area contributed by atoms with Gasteiger partial charge in [-0.05, 0) is 51.0 Å². The smallest absolute Gasteiger partial charge is 0.223 e. The molecule has 6 heteroatoms. The summed E-state index contributed by atoms with van der Waals surface area (Å²) in [4.78, 5) is 12.0. The van der Waals surface area contributed by atoms with E-state index in [1.807, 2.05) is 0 Å². The van der Waals surface area contributed by atoms with Crippen LogP contribution in [0.1, 0.15) is 51.4 Å². The first-order chi connectivity index (χ1) is 11.8. The Labute approximate surface area is 152 Å². The summed E-state index contributed by atoms with van der Waals surface area (Å²) in [7, 11) is 0. The quantitative estimate of drug-likeness (QED) is 0.368. The number of hydrogen-bond donors (Lipinski definition) is 2. The molecule has 0 heterocycles. The second-order valence-corrected chi connectivity index (χ2v) is 6.95. The first-order valence-electron chi connectivity index (χ1n) is 9.47. The number of halogens is 1. The highest BCUT2D eigenvalue weighted by molar-refractivity contribution is 6.17. The molecule has 24 heavy (non-hydrogen) atoms. The van der Waals surface area contributed by atoms with Crippen molar-refractivity contribution in [2.24, 2.45) is 17.6 Å². The number of amides is 1. The van der Waals surface area contributed by atoms with Crippen molar-refractivity contribution in [3.05, 3.63) is 0 Å². The highest BCUT2D eigenvalue weighted by Crippen LogP contribution is 2.27. The van der Waals surface area contributed by atoms with Crippen LogP contribution in [0.5, 0.6) is 0 Å². The van der Waals surface area contributed by atoms with E-state index >= 15 is 0 Å². The van der Waals surface area contributed by atoms with E-state index in [0.717, 1.165) is 57.6 Å². The Hall–Kier alpha value is -0.360. The molecule has 1 saturated carbocycles. The van der Waals surface area contributed by atoms with Crippen molar-refractivity contribution in [2.45, 2.75) is 51.4 Å². The van der Waals surface area contributed by atoms with Crippen LogP contribution >= 0.6 is 11.6 Å². The molecule has 0 aromatic heterocycles. The molecule has 1 aliphatic carbocycles. The van der Waals surface area contributed by atoms with Gasteiger partial charge in [0, 0.05) is 24.9 Å². The van der Waals surface area contributed by atoms with Crippen LogP contribution in [0.2, 0.25) is 0 Å². The van der Waals surface area contributed by atoms with Gasteiger partial charge in [0.05, 0.1) is 19.8 Å². The van der Waals surface area contributed by atoms with Crippen LogP contribution in [0, 0.1) is 11.8 Å². The molecule has 142 valence electrons. The Bertz CT molecular complexity index is 311. The van der Waals surface area contributed by atoms with Gasteiger partial charge in [-0.15, -0.1) is 11.6 Å². The molecule has 1 amide bonds. The summed E-state index contributed by atoms with van der Waals surface area (Å²) in [5.41, 5.74) is 5.68. The fourth-order valence-electron chi connectivity index (χ4n) is 3.03. The van der Waals surface area contributed by atoms with E-state index in [1.54, 1.807) is 0 Å². The van der Waals surface area contributed by atoms with E-state index < -0.39 is 0 Å². The SMILES string of the molecule is NCC1CCC(C(=O)NCCOCCOCCCCCCCl)CC1. The topological polar surface area (TPSA) is 73.6 Å². The van der Waals surface area contributed by atoms with Crippen LogP contribution in [0.4, 0.5) is 0 Å². The van der Waals surface area contributed by atoms with Gasteiger partial charge in [-0.25, -0.2) is 0 Å². The highest BCUT2D eigenvalue weighted by atomic mass is 35.5. The van der Waals surface area contributed by atoms with Gasteiger partial charge in [-0.2, -0.15) is 0 Å². The number of alkyl halides is 1. The first kappa shape index (κ1) is 21.7. The third kappa shape index (κ3) is 10.5. The normalized spacial score (nSPS) is 20.9. The monoisotopic (exact) mass is 362 g/mol. The molecule has 0 bridgehead atoms. The number of hydrogen-bond acceptors (Lipinski definition) is 4. The third-order valence-corrected chi connectivity index (χ3v) is 4.91. The van der Waals surface area contributed by atoms with Gasteiger partial charge in [0.1, 0.15) is 0 Å². The standard InChI is InChI=1S/C18H35ClN2O3/c19-9-3-1-2-4-11-23-13-14-24-12-10-21-18(22)17-7-5-16(15-20)6-8-17/h16-17H,1-15,20H2,(H,21,22). The lowest BCUT2D eigenvalue weighted by Gasteiger charge is -2.26. The van der Waals surface area contributed by atoms with Crippen molar-refractivity contribution < 1.29 is 14.3 Å². The number of ether oxygens (including phenoxy) is 2. The zero-order chi connectivity index (χ0) is 17.5. The predicted molar refractivity (Wildman–Crippen MR) is 98.3 cm³/mol. The molecule has 0 aromatic carbocycles. The Morgan fingerprint density at radius 2 is 1.62 bits per heavy atom. The average molecular weight is 363 g/mol. The van der Waals surface area contributed by atoms with Crippen molar-refractivity contribution in [2.75, 3.05) is 45.4 Å². The van der Waals surface area contributed by atoms with E-state index in [-0.39, 0.29) is 11.8 Å². The fourth-order valence-corrected chi connectivity index (χ4v) is 3.21. The van der Waals surface area contributed by atoms with Crippen molar-refractivity contribution in [1.29, 1.82) is 0 Å². The summed E-state index contributed by atoms with van der Waals surface area (Å²) < 4.78 is 11.0. The summed E-state index contributed by atoms with van der Waals surface area (Å²) in [5, 5.41) is 2.97. The summed E-state index contributed by atoms with van der Waals surface area (Å²) in [6.45, 7) is 3.86. The molecule has 1 rings (SSSR count). The van der Waals surface area contributed by atoms with E-state index in [2.05, 4.69) is 5.32 Å². The fraction of sp³-hybridized carbons (Fsp3) is 0.944. The number of unbranched alkanes of at least 4 members (excludes halogenated alkanes) is 3. The first-order valence-corrected chi connectivity index (χ1v) is 10.0. The lowest BCUT2D eigenvalue weighted by molar-refractivity contribution is -0.126. The van der Waals surface area contributed by atoms with E-state index in [4.69, 9.17) is 26.8 Å². The Kier molecular flexibility index (Phi) is 13.5. The van der Waals surface area contributed by atoms with Gasteiger partial charge < -0.3 is 20.5 Å². The number of nitrogens with one attached hydrogen (secondary N) is 1. The van der Waals surface area contributed by atoms with Gasteiger partial charge in [0.25, 0.3) is 0 Å². The molecule has 0 unspecified atom stereocenters. The van der Waals surface area contributed by atoms with Crippen LogP contribution in [0.25, 0.3) is 0 Å². The van der Waals surface area contributed by atoms with Gasteiger partial charge in [-0.3, -0.25) is 4.79 Å². The molecule has 0 saturated heterocycles. The minimum atomic E-state index is 0.162. The van der Waals surface area contributed by atoms with Crippen LogP contribution in [-0.4, -0.2) is 51.3 Å². The zero-order valence-corrected chi connectivity index (χ0v) is 15.7. The second kappa shape index (κ2) is 14.9. The predicted octanol–water partition coefficient (Wildman–Crippen LogP) is 2.70. The van der Waals surface area contributed by atoms with E-state index in [0.29, 0.717) is 32.3 Å². The number of rotatable bonds is 14. The molecule has 3 N–H and O–H groups in total. The Morgan fingerprint density at radius 1 is 0.958 bits per heavy atom. The van der Waals surface area contributed by atoms with Crippen LogP contribution in [0.3, 0.4) is 0 Å². The largest absolute Gasteiger partial charge is 0.379 e. The summed E-state index contributed by atoms with van der Waals surface area (Å²) in [6, 6.07) is 0. The molecule has 0 atom stereocenters. The number of carbonyl (C=O) groups excluding carboxylic acids is 1. The zero-order valence-electron chi connectivity index (χ0n) is 14.9. The van der Waals surface area contributed by atoms with E-state index in [1.165, 1.54) is 12.8 Å². The molecular weight excluding hydrogens is 328 g/mol. The average Bonchev–Trinajstić information content (AvgIpc) is 2.62. The summed E-state index contributed by atoms with van der Waals surface area (Å²) >= 11 is 5.62. The maximum Gasteiger partial charge on any atom is 0.223 e. The van der Waals surface area contributed by atoms with Crippen molar-refractivity contribution in [3.8, 4) is 0 Å². The number of nitrogens with two attached hydrogens (primary N) is 1. The lowest BCUT2D eigenvalue weighted by atomic mass is 9.81. The maximum atomic E-state index is 12.0. The lowest BCUT2D eigenvalue weighted by Crippen LogP contribution is -2.36. The molecule has 0 spiro atoms. The van der Waals surface area contributed by atoms with Crippen molar-refractivity contribution in [1.82, 2.24) is 5.32 Å². The molecule has 0 aliphatic heterocycles. The molecule has 0 aromatic rings. The molecule has 1 fully saturated rings.